The molecule has 1 aliphatic heterocycles. The van der Waals surface area contributed by atoms with E-state index in [1.807, 2.05) is 20.8 Å². The number of carbonyl (C=O) groups excluding carboxylic acids is 2. The molecule has 1 heterocycles. The van der Waals surface area contributed by atoms with E-state index in [1.54, 1.807) is 6.92 Å². The summed E-state index contributed by atoms with van der Waals surface area (Å²) in [5, 5.41) is 0. The zero-order valence-corrected chi connectivity index (χ0v) is 14.3. The third-order valence-electron chi connectivity index (χ3n) is 2.84. The van der Waals surface area contributed by atoms with Gasteiger partial charge in [-0.2, -0.15) is 9.05 Å². The molecule has 0 radical (unpaired) electrons. The van der Waals surface area contributed by atoms with Crippen molar-refractivity contribution >= 4 is 20.1 Å². The molecule has 0 amide bonds. The van der Waals surface area contributed by atoms with E-state index in [4.69, 9.17) is 18.5 Å². The van der Waals surface area contributed by atoms with Crippen LogP contribution in [0.1, 0.15) is 47.0 Å². The first-order valence-corrected chi connectivity index (χ1v) is 8.65. The lowest BCUT2D eigenvalue weighted by Crippen LogP contribution is -2.24. The second-order valence-corrected chi connectivity index (χ2v) is 7.50. The summed E-state index contributed by atoms with van der Waals surface area (Å²) < 4.78 is 21.3. The van der Waals surface area contributed by atoms with Crippen LogP contribution in [0.2, 0.25) is 0 Å². The number of hydrogen-bond acceptors (Lipinski definition) is 6. The summed E-state index contributed by atoms with van der Waals surface area (Å²) in [4.78, 5) is 23.4. The summed E-state index contributed by atoms with van der Waals surface area (Å²) in [5.41, 5.74) is -0.952. The maximum absolute atomic E-state index is 11.9. The van der Waals surface area contributed by atoms with Crippen molar-refractivity contribution in [2.45, 2.75) is 52.6 Å². The average Bonchev–Trinajstić information content (AvgIpc) is 2.30. The lowest BCUT2D eigenvalue weighted by Gasteiger charge is -2.21. The van der Waals surface area contributed by atoms with Crippen LogP contribution in [0.15, 0.2) is 0 Å². The summed E-state index contributed by atoms with van der Waals surface area (Å²) in [6.45, 7) is 8.42. The number of esters is 1. The molecule has 1 fully saturated rings. The van der Waals surface area contributed by atoms with Crippen molar-refractivity contribution in [2.24, 2.45) is 5.92 Å². The second-order valence-electron chi connectivity index (χ2n) is 5.94. The maximum Gasteiger partial charge on any atom is 0.510 e. The number of rotatable bonds is 4. The van der Waals surface area contributed by atoms with Gasteiger partial charge in [-0.15, -0.1) is 0 Å². The monoisotopic (exact) mass is 321 g/mol. The lowest BCUT2D eigenvalue weighted by molar-refractivity contribution is -0.144. The molecule has 1 rings (SSSR count). The van der Waals surface area contributed by atoms with Crippen LogP contribution in [0, 0.1) is 5.92 Å². The first kappa shape index (κ1) is 18.3. The van der Waals surface area contributed by atoms with Crippen LogP contribution in [0.5, 0.6) is 0 Å². The fraction of sp³-hybridized carbons (Fsp3) is 0.857. The zero-order valence-electron chi connectivity index (χ0n) is 13.3. The van der Waals surface area contributed by atoms with Crippen LogP contribution in [-0.4, -0.2) is 37.1 Å². The molecule has 0 aromatic carbocycles. The van der Waals surface area contributed by atoms with Gasteiger partial charge in [0.15, 0.2) is 0 Å². The molecule has 0 unspecified atom stereocenters. The first-order chi connectivity index (χ1) is 9.81. The van der Waals surface area contributed by atoms with E-state index in [1.165, 1.54) is 0 Å². The van der Waals surface area contributed by atoms with Crippen molar-refractivity contribution < 1.29 is 28.1 Å². The fourth-order valence-electron chi connectivity index (χ4n) is 1.92. The largest absolute Gasteiger partial charge is 0.510 e. The molecule has 0 spiro atoms. The van der Waals surface area contributed by atoms with Gasteiger partial charge in [0, 0.05) is 6.42 Å². The summed E-state index contributed by atoms with van der Waals surface area (Å²) in [5.74, 6) is -0.0213. The van der Waals surface area contributed by atoms with E-state index in [9.17, 15) is 9.59 Å². The van der Waals surface area contributed by atoms with Gasteiger partial charge in [0.1, 0.15) is 5.60 Å². The highest BCUT2D eigenvalue weighted by Crippen LogP contribution is 2.43. The summed E-state index contributed by atoms with van der Waals surface area (Å²) in [6.07, 6.45) is 1.81. The molecule has 0 bridgehead atoms. The smallest absolute Gasteiger partial charge is 0.466 e. The molecule has 6 nitrogen and oxygen atoms in total. The van der Waals surface area contributed by atoms with Gasteiger partial charge in [-0.1, -0.05) is 0 Å². The van der Waals surface area contributed by atoms with Crippen LogP contribution in [-0.2, 0) is 23.3 Å². The van der Waals surface area contributed by atoms with Gasteiger partial charge >= 0.3 is 20.1 Å². The van der Waals surface area contributed by atoms with E-state index >= 15 is 0 Å². The van der Waals surface area contributed by atoms with Gasteiger partial charge in [0.05, 0.1) is 19.8 Å². The van der Waals surface area contributed by atoms with Crippen LogP contribution >= 0.6 is 8.38 Å². The molecule has 1 saturated heterocycles. The Morgan fingerprint density at radius 3 is 2.24 bits per heavy atom. The Kier molecular flexibility index (Phi) is 7.57. The highest BCUT2D eigenvalue weighted by molar-refractivity contribution is 7.65. The molecule has 7 heteroatoms. The van der Waals surface area contributed by atoms with Crippen molar-refractivity contribution in [2.75, 3.05) is 19.8 Å². The normalized spacial score (nSPS) is 23.8. The van der Waals surface area contributed by atoms with Crippen molar-refractivity contribution in [3.8, 4) is 0 Å². The Labute approximate surface area is 127 Å². The van der Waals surface area contributed by atoms with Crippen molar-refractivity contribution in [1.82, 2.24) is 0 Å². The quantitative estimate of drug-likeness (QED) is 0.584. The van der Waals surface area contributed by atoms with Crippen molar-refractivity contribution in [3.05, 3.63) is 0 Å². The van der Waals surface area contributed by atoms with E-state index < -0.39 is 19.7 Å². The Morgan fingerprint density at radius 2 is 1.76 bits per heavy atom. The van der Waals surface area contributed by atoms with Crippen molar-refractivity contribution in [3.63, 3.8) is 0 Å². The number of carbonyl (C=O) groups is 2. The Morgan fingerprint density at radius 1 is 1.19 bits per heavy atom. The summed E-state index contributed by atoms with van der Waals surface area (Å²) >= 11 is 0. The predicted octanol–water partition coefficient (Wildman–Crippen LogP) is 3.36. The van der Waals surface area contributed by atoms with Crippen LogP contribution in [0.4, 0.5) is 4.79 Å². The molecule has 0 aromatic heterocycles. The average molecular weight is 321 g/mol. The molecular weight excluding hydrogens is 295 g/mol. The molecule has 1 aliphatic rings. The van der Waals surface area contributed by atoms with Crippen LogP contribution in [0.3, 0.4) is 0 Å². The minimum absolute atomic E-state index is 0.172. The maximum atomic E-state index is 11.9. The third-order valence-corrected chi connectivity index (χ3v) is 4.21. The summed E-state index contributed by atoms with van der Waals surface area (Å²) in [7, 11) is -2.06. The van der Waals surface area contributed by atoms with Crippen LogP contribution in [0.25, 0.3) is 0 Å². The molecule has 0 atom stereocenters. The number of ether oxygens (including phenoxy) is 2. The highest BCUT2D eigenvalue weighted by atomic mass is 31.2. The fourth-order valence-corrected chi connectivity index (χ4v) is 3.23. The van der Waals surface area contributed by atoms with Gasteiger partial charge in [-0.25, -0.2) is 4.79 Å². The topological polar surface area (TPSA) is 71.1 Å². The van der Waals surface area contributed by atoms with Gasteiger partial charge in [0.25, 0.3) is 0 Å². The predicted molar refractivity (Wildman–Crippen MR) is 80.4 cm³/mol. The molecular formula is C14H26O6P+. The Balaban J connectivity index is 2.39. The Hall–Kier alpha value is -0.710. The molecule has 122 valence electrons. The minimum Gasteiger partial charge on any atom is -0.466 e. The summed E-state index contributed by atoms with van der Waals surface area (Å²) in [6, 6.07) is 0. The van der Waals surface area contributed by atoms with Gasteiger partial charge in [0.2, 0.25) is 0 Å². The lowest BCUT2D eigenvalue weighted by atomic mass is 9.98. The molecule has 0 saturated carbocycles. The van der Waals surface area contributed by atoms with E-state index in [0.29, 0.717) is 26.2 Å². The van der Waals surface area contributed by atoms with E-state index in [2.05, 4.69) is 0 Å². The van der Waals surface area contributed by atoms with E-state index in [0.717, 1.165) is 12.8 Å². The zero-order chi connectivity index (χ0) is 15.9. The van der Waals surface area contributed by atoms with Crippen LogP contribution < -0.4 is 0 Å². The van der Waals surface area contributed by atoms with Gasteiger partial charge in [-0.3, -0.25) is 4.79 Å². The Bertz CT molecular complexity index is 342. The molecule has 0 aliphatic carbocycles. The first-order valence-electron chi connectivity index (χ1n) is 7.33. The van der Waals surface area contributed by atoms with Crippen molar-refractivity contribution in [1.29, 1.82) is 0 Å². The molecule has 0 N–H and O–H groups in total. The van der Waals surface area contributed by atoms with Gasteiger partial charge < -0.3 is 9.47 Å². The number of hydrogen-bond donors (Lipinski definition) is 0. The second kappa shape index (κ2) is 8.66. The molecule has 0 aromatic rings. The molecule has 21 heavy (non-hydrogen) atoms. The standard InChI is InChI=1S/C14H25O6P/c1-5-17-12(15)10-11-6-8-18-21(19-9-7-11)13(16)20-14(2,3)4/h11H,5-10H2,1-4H3/p+1. The SMILES string of the molecule is CCOC(=O)CC1CCO[PH+](C(=O)OC(C)(C)C)OCC1. The van der Waals surface area contributed by atoms with E-state index in [-0.39, 0.29) is 11.9 Å². The van der Waals surface area contributed by atoms with Gasteiger partial charge in [-0.05, 0) is 46.5 Å². The minimum atomic E-state index is -2.06. The highest BCUT2D eigenvalue weighted by Gasteiger charge is 2.37. The third kappa shape index (κ3) is 7.74.